The number of nitrogens with zero attached hydrogens (tertiary/aromatic N) is 3. The zero-order chi connectivity index (χ0) is 11.7. The summed E-state index contributed by atoms with van der Waals surface area (Å²) in [6.45, 7) is 1.42. The van der Waals surface area contributed by atoms with Crippen molar-refractivity contribution in [2.45, 2.75) is 37.9 Å². The molecule has 2 heterocycles. The summed E-state index contributed by atoms with van der Waals surface area (Å²) in [6, 6.07) is 0. The molecule has 1 aliphatic rings. The van der Waals surface area contributed by atoms with Gasteiger partial charge in [-0.25, -0.2) is 9.67 Å². The molecule has 0 amide bonds. The van der Waals surface area contributed by atoms with E-state index in [0.717, 1.165) is 0 Å². The van der Waals surface area contributed by atoms with Gasteiger partial charge in [-0.3, -0.25) is 0 Å². The Hall–Kier alpha value is -1.02. The van der Waals surface area contributed by atoms with Crippen molar-refractivity contribution in [3.05, 3.63) is 12.2 Å². The first kappa shape index (κ1) is 11.5. The van der Waals surface area contributed by atoms with E-state index in [1.54, 1.807) is 6.92 Å². The lowest BCUT2D eigenvalue weighted by molar-refractivity contribution is -0.0575. The highest BCUT2D eigenvalue weighted by atomic mass is 16.5. The maximum absolute atomic E-state index is 9.70. The van der Waals surface area contributed by atoms with Gasteiger partial charge in [0.25, 0.3) is 0 Å². The average molecular weight is 229 g/mol. The first-order valence-electron chi connectivity index (χ1n) is 5.15. The van der Waals surface area contributed by atoms with Gasteiger partial charge in [0.05, 0.1) is 12.7 Å². The summed E-state index contributed by atoms with van der Waals surface area (Å²) in [5.74, 6) is 0.281. The molecule has 7 heteroatoms. The zero-order valence-corrected chi connectivity index (χ0v) is 8.89. The second-order valence-electron chi connectivity index (χ2n) is 3.89. The van der Waals surface area contributed by atoms with Crippen LogP contribution in [-0.4, -0.2) is 48.9 Å². The van der Waals surface area contributed by atoms with Crippen molar-refractivity contribution in [3.63, 3.8) is 0 Å². The molecule has 2 rings (SSSR count). The Kier molecular flexibility index (Phi) is 3.20. The quantitative estimate of drug-likeness (QED) is 0.613. The minimum atomic E-state index is -0.756. The fourth-order valence-corrected chi connectivity index (χ4v) is 1.69. The van der Waals surface area contributed by atoms with E-state index in [1.807, 2.05) is 0 Å². The highest BCUT2D eigenvalue weighted by Gasteiger charge is 2.35. The molecule has 0 radical (unpaired) electrons. The van der Waals surface area contributed by atoms with Gasteiger partial charge in [0.1, 0.15) is 18.5 Å². The molecule has 0 aromatic carbocycles. The summed E-state index contributed by atoms with van der Waals surface area (Å²) in [5, 5.41) is 31.9. The second kappa shape index (κ2) is 4.46. The van der Waals surface area contributed by atoms with Gasteiger partial charge >= 0.3 is 0 Å². The van der Waals surface area contributed by atoms with Gasteiger partial charge in [0, 0.05) is 6.42 Å². The van der Waals surface area contributed by atoms with Crippen molar-refractivity contribution in [1.29, 1.82) is 0 Å². The van der Waals surface area contributed by atoms with E-state index in [9.17, 15) is 10.2 Å². The molecular formula is C9H15N3O4. The molecule has 7 nitrogen and oxygen atoms in total. The third-order valence-corrected chi connectivity index (χ3v) is 2.53. The molecule has 1 fully saturated rings. The molecule has 0 bridgehead atoms. The summed E-state index contributed by atoms with van der Waals surface area (Å²) < 4.78 is 6.74. The Morgan fingerprint density at radius 2 is 2.44 bits per heavy atom. The molecule has 16 heavy (non-hydrogen) atoms. The molecule has 3 N–H and O–H groups in total. The SMILES string of the molecule is CC(O)c1ncn([C@@H]2O[C@H](CO)CC2O)n1. The smallest absolute Gasteiger partial charge is 0.178 e. The molecule has 0 saturated carbocycles. The largest absolute Gasteiger partial charge is 0.394 e. The third kappa shape index (κ3) is 2.07. The van der Waals surface area contributed by atoms with Crippen LogP contribution >= 0.6 is 0 Å². The van der Waals surface area contributed by atoms with Crippen LogP contribution in [0.5, 0.6) is 0 Å². The van der Waals surface area contributed by atoms with Crippen molar-refractivity contribution in [2.75, 3.05) is 6.61 Å². The fourth-order valence-electron chi connectivity index (χ4n) is 1.69. The maximum atomic E-state index is 9.70. The van der Waals surface area contributed by atoms with E-state index in [2.05, 4.69) is 10.1 Å². The van der Waals surface area contributed by atoms with E-state index in [1.165, 1.54) is 11.0 Å². The van der Waals surface area contributed by atoms with Crippen molar-refractivity contribution < 1.29 is 20.1 Å². The van der Waals surface area contributed by atoms with Crippen LogP contribution in [0.4, 0.5) is 0 Å². The highest BCUT2D eigenvalue weighted by Crippen LogP contribution is 2.27. The summed E-state index contributed by atoms with van der Waals surface area (Å²) in [7, 11) is 0. The van der Waals surface area contributed by atoms with Gasteiger partial charge in [0.2, 0.25) is 0 Å². The minimum Gasteiger partial charge on any atom is -0.394 e. The van der Waals surface area contributed by atoms with Crippen LogP contribution in [0.2, 0.25) is 0 Å². The molecular weight excluding hydrogens is 214 g/mol. The third-order valence-electron chi connectivity index (χ3n) is 2.53. The van der Waals surface area contributed by atoms with Crippen LogP contribution < -0.4 is 0 Å². The minimum absolute atomic E-state index is 0.133. The van der Waals surface area contributed by atoms with Gasteiger partial charge in [-0.2, -0.15) is 5.10 Å². The molecule has 0 aliphatic carbocycles. The monoisotopic (exact) mass is 229 g/mol. The van der Waals surface area contributed by atoms with Crippen LogP contribution in [0.15, 0.2) is 6.33 Å². The van der Waals surface area contributed by atoms with E-state index in [4.69, 9.17) is 9.84 Å². The Labute approximate surface area is 92.3 Å². The van der Waals surface area contributed by atoms with E-state index in [-0.39, 0.29) is 18.5 Å². The first-order chi connectivity index (χ1) is 7.61. The fraction of sp³-hybridized carbons (Fsp3) is 0.778. The Morgan fingerprint density at radius 1 is 1.69 bits per heavy atom. The summed E-state index contributed by atoms with van der Waals surface area (Å²) in [6.07, 6.45) is -0.730. The summed E-state index contributed by atoms with van der Waals surface area (Å²) >= 11 is 0. The van der Waals surface area contributed by atoms with E-state index >= 15 is 0 Å². The Morgan fingerprint density at radius 3 is 2.94 bits per heavy atom. The number of aliphatic hydroxyl groups is 3. The standard InChI is InChI=1S/C9H15N3O4/c1-5(14)8-10-4-12(11-8)9-7(15)2-6(3-13)16-9/h4-7,9,13-15H,2-3H2,1H3/t5?,6-,7?,9+/m0/s1. The maximum Gasteiger partial charge on any atom is 0.178 e. The van der Waals surface area contributed by atoms with Gasteiger partial charge in [-0.1, -0.05) is 0 Å². The molecule has 0 spiro atoms. The number of aliphatic hydroxyl groups excluding tert-OH is 3. The summed E-state index contributed by atoms with van der Waals surface area (Å²) in [5.41, 5.74) is 0. The molecule has 1 saturated heterocycles. The molecule has 1 aromatic heterocycles. The Balaban J connectivity index is 2.12. The average Bonchev–Trinajstić information content (AvgIpc) is 2.83. The summed E-state index contributed by atoms with van der Waals surface area (Å²) in [4.78, 5) is 3.89. The highest BCUT2D eigenvalue weighted by molar-refractivity contribution is 4.88. The van der Waals surface area contributed by atoms with Crippen LogP contribution in [0.3, 0.4) is 0 Å². The van der Waals surface area contributed by atoms with Crippen molar-refractivity contribution >= 4 is 0 Å². The number of rotatable bonds is 3. The van der Waals surface area contributed by atoms with Crippen LogP contribution in [-0.2, 0) is 4.74 Å². The number of aromatic nitrogens is 3. The van der Waals surface area contributed by atoms with Crippen LogP contribution in [0.25, 0.3) is 0 Å². The molecule has 90 valence electrons. The van der Waals surface area contributed by atoms with Crippen molar-refractivity contribution in [3.8, 4) is 0 Å². The second-order valence-corrected chi connectivity index (χ2v) is 3.89. The lowest BCUT2D eigenvalue weighted by Gasteiger charge is -2.13. The molecule has 2 unspecified atom stereocenters. The molecule has 1 aromatic rings. The van der Waals surface area contributed by atoms with Crippen molar-refractivity contribution in [1.82, 2.24) is 14.8 Å². The van der Waals surface area contributed by atoms with Gasteiger partial charge in [0.15, 0.2) is 12.1 Å². The Bertz CT molecular complexity index is 354. The number of ether oxygens (including phenoxy) is 1. The molecule has 1 aliphatic heterocycles. The number of hydrogen-bond acceptors (Lipinski definition) is 6. The van der Waals surface area contributed by atoms with E-state index in [0.29, 0.717) is 6.42 Å². The van der Waals surface area contributed by atoms with Gasteiger partial charge in [-0.15, -0.1) is 0 Å². The first-order valence-corrected chi connectivity index (χ1v) is 5.15. The lowest BCUT2D eigenvalue weighted by Crippen LogP contribution is -2.20. The van der Waals surface area contributed by atoms with Gasteiger partial charge < -0.3 is 20.1 Å². The lowest BCUT2D eigenvalue weighted by atomic mass is 10.2. The zero-order valence-electron chi connectivity index (χ0n) is 8.89. The predicted octanol–water partition coefficient (Wildman–Crippen LogP) is -1.03. The molecule has 4 atom stereocenters. The predicted molar refractivity (Wildman–Crippen MR) is 52.3 cm³/mol. The van der Waals surface area contributed by atoms with E-state index < -0.39 is 18.4 Å². The topological polar surface area (TPSA) is 101 Å². The van der Waals surface area contributed by atoms with Crippen LogP contribution in [0.1, 0.15) is 31.5 Å². The van der Waals surface area contributed by atoms with Crippen LogP contribution in [0, 0.1) is 0 Å². The van der Waals surface area contributed by atoms with Crippen molar-refractivity contribution in [2.24, 2.45) is 0 Å². The number of hydrogen-bond donors (Lipinski definition) is 3. The van der Waals surface area contributed by atoms with Gasteiger partial charge in [-0.05, 0) is 6.92 Å². The normalized spacial score (nSPS) is 31.9.